The molecule has 1 aliphatic rings. The van der Waals surface area contributed by atoms with Crippen molar-refractivity contribution >= 4 is 0 Å². The summed E-state index contributed by atoms with van der Waals surface area (Å²) in [6, 6.07) is 9.09. The average Bonchev–Trinajstić information content (AvgIpc) is 3.10. The highest BCUT2D eigenvalue weighted by atomic mass is 14.7. The van der Waals surface area contributed by atoms with Crippen LogP contribution in [0.2, 0.25) is 0 Å². The molecule has 0 aliphatic heterocycles. The fourth-order valence-electron chi connectivity index (χ4n) is 2.62. The van der Waals surface area contributed by atoms with E-state index in [9.17, 15) is 0 Å². The maximum Gasteiger partial charge on any atom is 0.0323 e. The lowest BCUT2D eigenvalue weighted by Crippen LogP contribution is -2.20. The predicted octanol–water partition coefficient (Wildman–Crippen LogP) is 3.93. The highest BCUT2D eigenvalue weighted by molar-refractivity contribution is 5.27. The number of hydrogen-bond donors (Lipinski definition) is 1. The Bertz CT molecular complexity index is 366. The summed E-state index contributed by atoms with van der Waals surface area (Å²) in [4.78, 5) is 0. The van der Waals surface area contributed by atoms with Crippen LogP contribution in [0, 0.1) is 17.8 Å². The van der Waals surface area contributed by atoms with Crippen LogP contribution >= 0.6 is 0 Å². The molecule has 0 amide bonds. The Labute approximate surface area is 105 Å². The van der Waals surface area contributed by atoms with E-state index in [1.807, 2.05) is 0 Å². The lowest BCUT2D eigenvalue weighted by Gasteiger charge is -2.20. The Balaban J connectivity index is 2.08. The Morgan fingerprint density at radius 1 is 1.24 bits per heavy atom. The van der Waals surface area contributed by atoms with E-state index in [1.165, 1.54) is 24.0 Å². The van der Waals surface area contributed by atoms with E-state index in [0.29, 0.717) is 11.8 Å². The second-order valence-electron chi connectivity index (χ2n) is 6.07. The quantitative estimate of drug-likeness (QED) is 0.816. The molecule has 0 aromatic heterocycles. The largest absolute Gasteiger partial charge is 0.324 e. The molecule has 1 fully saturated rings. The van der Waals surface area contributed by atoms with Crippen LogP contribution in [0.25, 0.3) is 0 Å². The van der Waals surface area contributed by atoms with Gasteiger partial charge in [-0.1, -0.05) is 45.0 Å². The maximum absolute atomic E-state index is 6.38. The molecule has 94 valence electrons. The van der Waals surface area contributed by atoms with Crippen molar-refractivity contribution in [2.75, 3.05) is 0 Å². The van der Waals surface area contributed by atoms with Gasteiger partial charge in [0.15, 0.2) is 0 Å². The fourth-order valence-corrected chi connectivity index (χ4v) is 2.62. The summed E-state index contributed by atoms with van der Waals surface area (Å²) >= 11 is 0. The van der Waals surface area contributed by atoms with Crippen molar-refractivity contribution < 1.29 is 0 Å². The molecular formula is C16H25N. The third-order valence-electron chi connectivity index (χ3n) is 3.91. The first-order chi connectivity index (χ1) is 8.08. The summed E-state index contributed by atoms with van der Waals surface area (Å²) in [6.45, 7) is 6.83. The molecule has 1 aliphatic carbocycles. The molecular weight excluding hydrogens is 206 g/mol. The van der Waals surface area contributed by atoms with Gasteiger partial charge < -0.3 is 5.73 Å². The van der Waals surface area contributed by atoms with Gasteiger partial charge in [-0.3, -0.25) is 0 Å². The van der Waals surface area contributed by atoms with Crippen molar-refractivity contribution in [2.24, 2.45) is 23.5 Å². The topological polar surface area (TPSA) is 26.0 Å². The van der Waals surface area contributed by atoms with E-state index in [0.717, 1.165) is 12.3 Å². The van der Waals surface area contributed by atoms with Crippen molar-refractivity contribution in [2.45, 2.75) is 46.1 Å². The standard InChI is InChI=1S/C16H25N/c1-11(2)9-13-5-4-6-15(10-13)16(17)12(3)14-7-8-14/h4-6,10-12,14,16H,7-9,17H2,1-3H3. The molecule has 0 heterocycles. The first-order valence-electron chi connectivity index (χ1n) is 6.92. The normalized spacial score (nSPS) is 19.4. The van der Waals surface area contributed by atoms with Crippen LogP contribution in [0.4, 0.5) is 0 Å². The average molecular weight is 231 g/mol. The number of hydrogen-bond acceptors (Lipinski definition) is 1. The molecule has 1 aromatic rings. The van der Waals surface area contributed by atoms with Gasteiger partial charge in [0.05, 0.1) is 0 Å². The van der Waals surface area contributed by atoms with Crippen LogP contribution in [-0.4, -0.2) is 0 Å². The highest BCUT2D eigenvalue weighted by Gasteiger charge is 2.32. The van der Waals surface area contributed by atoms with E-state index in [4.69, 9.17) is 5.73 Å². The molecule has 2 unspecified atom stereocenters. The van der Waals surface area contributed by atoms with E-state index >= 15 is 0 Å². The van der Waals surface area contributed by atoms with Gasteiger partial charge in [0.25, 0.3) is 0 Å². The van der Waals surface area contributed by atoms with Crippen LogP contribution in [0.3, 0.4) is 0 Å². The maximum atomic E-state index is 6.38. The van der Waals surface area contributed by atoms with E-state index in [1.54, 1.807) is 0 Å². The van der Waals surface area contributed by atoms with Crippen molar-refractivity contribution in [3.05, 3.63) is 35.4 Å². The zero-order chi connectivity index (χ0) is 12.4. The molecule has 0 radical (unpaired) electrons. The van der Waals surface area contributed by atoms with E-state index in [-0.39, 0.29) is 6.04 Å². The summed E-state index contributed by atoms with van der Waals surface area (Å²) in [7, 11) is 0. The third-order valence-corrected chi connectivity index (χ3v) is 3.91. The van der Waals surface area contributed by atoms with Crippen molar-refractivity contribution in [1.82, 2.24) is 0 Å². The summed E-state index contributed by atoms with van der Waals surface area (Å²) in [6.07, 6.45) is 3.90. The molecule has 2 atom stereocenters. The second kappa shape index (κ2) is 5.22. The summed E-state index contributed by atoms with van der Waals surface area (Å²) in [5, 5.41) is 0. The van der Waals surface area contributed by atoms with E-state index < -0.39 is 0 Å². The van der Waals surface area contributed by atoms with Gasteiger partial charge in [-0.25, -0.2) is 0 Å². The Morgan fingerprint density at radius 3 is 2.53 bits per heavy atom. The summed E-state index contributed by atoms with van der Waals surface area (Å²) in [5.41, 5.74) is 9.13. The van der Waals surface area contributed by atoms with E-state index in [2.05, 4.69) is 45.0 Å². The molecule has 17 heavy (non-hydrogen) atoms. The van der Waals surface area contributed by atoms with Crippen LogP contribution in [0.1, 0.15) is 50.8 Å². The molecule has 1 nitrogen and oxygen atoms in total. The minimum atomic E-state index is 0.217. The molecule has 0 bridgehead atoms. The predicted molar refractivity (Wildman–Crippen MR) is 73.8 cm³/mol. The number of benzene rings is 1. The minimum Gasteiger partial charge on any atom is -0.324 e. The first kappa shape index (κ1) is 12.6. The van der Waals surface area contributed by atoms with Crippen LogP contribution in [0.15, 0.2) is 24.3 Å². The van der Waals surface area contributed by atoms with Gasteiger partial charge >= 0.3 is 0 Å². The molecule has 1 heteroatoms. The SMILES string of the molecule is CC(C)Cc1cccc(C(N)C(C)C2CC2)c1. The first-order valence-corrected chi connectivity index (χ1v) is 6.92. The minimum absolute atomic E-state index is 0.217. The van der Waals surface area contributed by atoms with Crippen LogP contribution in [-0.2, 0) is 6.42 Å². The smallest absolute Gasteiger partial charge is 0.0323 e. The van der Waals surface area contributed by atoms with Gasteiger partial charge in [-0.2, -0.15) is 0 Å². The van der Waals surface area contributed by atoms with Gasteiger partial charge in [0.1, 0.15) is 0 Å². The molecule has 2 N–H and O–H groups in total. The van der Waals surface area contributed by atoms with Crippen LogP contribution in [0.5, 0.6) is 0 Å². The van der Waals surface area contributed by atoms with Gasteiger partial charge in [0.2, 0.25) is 0 Å². The molecule has 0 spiro atoms. The van der Waals surface area contributed by atoms with Crippen molar-refractivity contribution in [3.8, 4) is 0 Å². The van der Waals surface area contributed by atoms with Crippen molar-refractivity contribution in [1.29, 1.82) is 0 Å². The number of rotatable bonds is 5. The molecule has 0 saturated heterocycles. The monoisotopic (exact) mass is 231 g/mol. The number of nitrogens with two attached hydrogens (primary N) is 1. The Kier molecular flexibility index (Phi) is 3.88. The molecule has 1 saturated carbocycles. The lowest BCUT2D eigenvalue weighted by molar-refractivity contribution is 0.417. The molecule has 2 rings (SSSR count). The summed E-state index contributed by atoms with van der Waals surface area (Å²) < 4.78 is 0. The Morgan fingerprint density at radius 2 is 1.94 bits per heavy atom. The highest BCUT2D eigenvalue weighted by Crippen LogP contribution is 2.41. The zero-order valence-electron chi connectivity index (χ0n) is 11.3. The van der Waals surface area contributed by atoms with Gasteiger partial charge in [0, 0.05) is 6.04 Å². The Hall–Kier alpha value is -0.820. The zero-order valence-corrected chi connectivity index (χ0v) is 11.3. The van der Waals surface area contributed by atoms with Gasteiger partial charge in [-0.15, -0.1) is 0 Å². The second-order valence-corrected chi connectivity index (χ2v) is 6.07. The van der Waals surface area contributed by atoms with Crippen LogP contribution < -0.4 is 5.73 Å². The molecule has 1 aromatic carbocycles. The summed E-state index contributed by atoms with van der Waals surface area (Å²) in [5.74, 6) is 2.21. The third kappa shape index (κ3) is 3.32. The fraction of sp³-hybridized carbons (Fsp3) is 0.625. The van der Waals surface area contributed by atoms with Crippen molar-refractivity contribution in [3.63, 3.8) is 0 Å². The lowest BCUT2D eigenvalue weighted by atomic mass is 9.90. The van der Waals surface area contributed by atoms with Gasteiger partial charge in [-0.05, 0) is 48.1 Å².